The minimum absolute atomic E-state index is 0.179. The Kier molecular flexibility index (Phi) is 6.55. The molecule has 1 aliphatic carbocycles. The van der Waals surface area contributed by atoms with Gasteiger partial charge < -0.3 is 5.11 Å². The minimum Gasteiger partial charge on any atom is -0.392 e. The van der Waals surface area contributed by atoms with Gasteiger partial charge >= 0.3 is 0 Å². The summed E-state index contributed by atoms with van der Waals surface area (Å²) >= 11 is 7.69. The van der Waals surface area contributed by atoms with Crippen LogP contribution >= 0.6 is 23.4 Å². The van der Waals surface area contributed by atoms with Crippen molar-refractivity contribution in [2.45, 2.75) is 55.9 Å². The topological polar surface area (TPSA) is 20.2 Å². The first-order valence-electron chi connectivity index (χ1n) is 7.32. The van der Waals surface area contributed by atoms with E-state index in [9.17, 15) is 5.11 Å². The molecule has 0 spiro atoms. The van der Waals surface area contributed by atoms with E-state index in [0.717, 1.165) is 15.7 Å². The molecule has 1 aromatic rings. The van der Waals surface area contributed by atoms with E-state index in [-0.39, 0.29) is 6.10 Å². The zero-order chi connectivity index (χ0) is 13.5. The van der Waals surface area contributed by atoms with Crippen molar-refractivity contribution in [3.63, 3.8) is 0 Å². The summed E-state index contributed by atoms with van der Waals surface area (Å²) in [6, 6.07) is 7.88. The van der Waals surface area contributed by atoms with E-state index >= 15 is 0 Å². The normalized spacial score (nSPS) is 19.7. The third-order valence-electron chi connectivity index (χ3n) is 3.91. The van der Waals surface area contributed by atoms with Gasteiger partial charge in [-0.05, 0) is 37.0 Å². The molecular weight excluding hydrogens is 276 g/mol. The molecule has 19 heavy (non-hydrogen) atoms. The molecule has 1 fully saturated rings. The summed E-state index contributed by atoms with van der Waals surface area (Å²) in [7, 11) is 0. The Labute approximate surface area is 125 Å². The number of rotatable bonds is 4. The van der Waals surface area contributed by atoms with Gasteiger partial charge in [-0.25, -0.2) is 0 Å². The van der Waals surface area contributed by atoms with Gasteiger partial charge in [0, 0.05) is 15.7 Å². The average molecular weight is 299 g/mol. The maximum absolute atomic E-state index is 10.4. The van der Waals surface area contributed by atoms with Crippen molar-refractivity contribution in [3.05, 3.63) is 29.3 Å². The molecule has 1 nitrogen and oxygen atoms in total. The first kappa shape index (κ1) is 15.2. The maximum Gasteiger partial charge on any atom is 0.0662 e. The van der Waals surface area contributed by atoms with E-state index < -0.39 is 0 Å². The van der Waals surface area contributed by atoms with Crippen LogP contribution in [0.5, 0.6) is 0 Å². The van der Waals surface area contributed by atoms with E-state index in [1.54, 1.807) is 11.8 Å². The molecule has 0 aromatic heterocycles. The first-order chi connectivity index (χ1) is 9.25. The van der Waals surface area contributed by atoms with Crippen molar-refractivity contribution in [2.24, 2.45) is 5.92 Å². The second-order valence-corrected chi connectivity index (χ2v) is 6.97. The van der Waals surface area contributed by atoms with Crippen molar-refractivity contribution in [2.75, 3.05) is 5.75 Å². The van der Waals surface area contributed by atoms with Gasteiger partial charge in [-0.3, -0.25) is 0 Å². The van der Waals surface area contributed by atoms with Crippen LogP contribution in [0.15, 0.2) is 29.2 Å². The quantitative estimate of drug-likeness (QED) is 0.775. The summed E-state index contributed by atoms with van der Waals surface area (Å²) in [5, 5.41) is 11.1. The maximum atomic E-state index is 10.4. The first-order valence-corrected chi connectivity index (χ1v) is 8.68. The molecule has 106 valence electrons. The fourth-order valence-corrected chi connectivity index (χ4v) is 4.02. The van der Waals surface area contributed by atoms with Crippen molar-refractivity contribution >= 4 is 23.4 Å². The van der Waals surface area contributed by atoms with Crippen LogP contribution in [0.25, 0.3) is 0 Å². The van der Waals surface area contributed by atoms with Gasteiger partial charge in [-0.2, -0.15) is 0 Å². The van der Waals surface area contributed by atoms with Crippen LogP contribution in [0.3, 0.4) is 0 Å². The number of aliphatic hydroxyl groups excluding tert-OH is 1. The Morgan fingerprint density at radius 1 is 1.16 bits per heavy atom. The fraction of sp³-hybridized carbons (Fsp3) is 0.625. The van der Waals surface area contributed by atoms with Crippen LogP contribution < -0.4 is 0 Å². The van der Waals surface area contributed by atoms with E-state index in [1.165, 1.54) is 44.9 Å². The molecule has 2 rings (SSSR count). The molecule has 1 atom stereocenters. The zero-order valence-electron chi connectivity index (χ0n) is 11.4. The molecule has 0 heterocycles. The van der Waals surface area contributed by atoms with Gasteiger partial charge in [0.05, 0.1) is 6.10 Å². The molecule has 1 saturated carbocycles. The molecule has 0 amide bonds. The van der Waals surface area contributed by atoms with Gasteiger partial charge in [0.25, 0.3) is 0 Å². The minimum atomic E-state index is -0.179. The average Bonchev–Trinajstić information content (AvgIpc) is 2.36. The number of halogens is 1. The molecule has 0 aliphatic heterocycles. The van der Waals surface area contributed by atoms with Crippen LogP contribution in [-0.4, -0.2) is 17.0 Å². The van der Waals surface area contributed by atoms with Gasteiger partial charge in [0.1, 0.15) is 0 Å². The third-order valence-corrected chi connectivity index (χ3v) is 5.24. The van der Waals surface area contributed by atoms with Crippen LogP contribution in [0, 0.1) is 5.92 Å². The molecule has 1 aromatic carbocycles. The molecular formula is C16H23ClOS. The highest BCUT2D eigenvalue weighted by Gasteiger charge is 2.20. The van der Waals surface area contributed by atoms with Crippen molar-refractivity contribution < 1.29 is 5.11 Å². The Morgan fingerprint density at radius 2 is 1.84 bits per heavy atom. The molecule has 0 radical (unpaired) electrons. The SMILES string of the molecule is OC(CSc1cccc(Cl)c1)C1CCCCCCC1. The van der Waals surface area contributed by atoms with Crippen molar-refractivity contribution in [1.29, 1.82) is 0 Å². The standard InChI is InChI=1S/C16H23ClOS/c17-14-9-6-10-15(11-14)19-12-16(18)13-7-4-2-1-3-5-8-13/h6,9-11,13,16,18H,1-5,7-8,12H2. The summed E-state index contributed by atoms with van der Waals surface area (Å²) in [4.78, 5) is 1.15. The Morgan fingerprint density at radius 3 is 2.53 bits per heavy atom. The molecule has 0 saturated heterocycles. The van der Waals surface area contributed by atoms with Gasteiger partial charge in [0.15, 0.2) is 0 Å². The number of aliphatic hydroxyl groups is 1. The second-order valence-electron chi connectivity index (χ2n) is 5.44. The number of benzene rings is 1. The predicted molar refractivity (Wildman–Crippen MR) is 84.0 cm³/mol. The number of hydrogen-bond donors (Lipinski definition) is 1. The van der Waals surface area contributed by atoms with Crippen LogP contribution in [0.2, 0.25) is 5.02 Å². The lowest BCUT2D eigenvalue weighted by molar-refractivity contribution is 0.112. The zero-order valence-corrected chi connectivity index (χ0v) is 12.9. The Hall–Kier alpha value is -0.180. The van der Waals surface area contributed by atoms with E-state index in [1.807, 2.05) is 18.2 Å². The molecule has 1 aliphatic rings. The van der Waals surface area contributed by atoms with Crippen molar-refractivity contribution in [1.82, 2.24) is 0 Å². The monoisotopic (exact) mass is 298 g/mol. The summed E-state index contributed by atoms with van der Waals surface area (Å²) in [6.07, 6.45) is 8.82. The number of hydrogen-bond acceptors (Lipinski definition) is 2. The lowest BCUT2D eigenvalue weighted by atomic mass is 9.88. The van der Waals surface area contributed by atoms with Crippen LogP contribution in [0.1, 0.15) is 44.9 Å². The fourth-order valence-electron chi connectivity index (χ4n) is 2.75. The molecule has 3 heteroatoms. The summed E-state index contributed by atoms with van der Waals surface area (Å²) < 4.78 is 0. The molecule has 0 bridgehead atoms. The Bertz CT molecular complexity index is 375. The number of thioether (sulfide) groups is 1. The van der Waals surface area contributed by atoms with E-state index in [2.05, 4.69) is 6.07 Å². The summed E-state index contributed by atoms with van der Waals surface area (Å²) in [6.45, 7) is 0. The van der Waals surface area contributed by atoms with Gasteiger partial charge in [-0.15, -0.1) is 11.8 Å². The molecule has 1 N–H and O–H groups in total. The third kappa shape index (κ3) is 5.37. The highest BCUT2D eigenvalue weighted by molar-refractivity contribution is 7.99. The Balaban J connectivity index is 1.80. The van der Waals surface area contributed by atoms with Crippen LogP contribution in [0.4, 0.5) is 0 Å². The summed E-state index contributed by atoms with van der Waals surface area (Å²) in [5.41, 5.74) is 0. The second kappa shape index (κ2) is 8.18. The van der Waals surface area contributed by atoms with E-state index in [4.69, 9.17) is 11.6 Å². The smallest absolute Gasteiger partial charge is 0.0662 e. The largest absolute Gasteiger partial charge is 0.392 e. The van der Waals surface area contributed by atoms with Crippen LogP contribution in [-0.2, 0) is 0 Å². The predicted octanol–water partition coefficient (Wildman–Crippen LogP) is 5.15. The lowest BCUT2D eigenvalue weighted by Crippen LogP contribution is -2.23. The van der Waals surface area contributed by atoms with E-state index in [0.29, 0.717) is 5.92 Å². The van der Waals surface area contributed by atoms with Gasteiger partial charge in [-0.1, -0.05) is 49.8 Å². The van der Waals surface area contributed by atoms with Gasteiger partial charge in [0.2, 0.25) is 0 Å². The highest BCUT2D eigenvalue weighted by Crippen LogP contribution is 2.29. The lowest BCUT2D eigenvalue weighted by Gasteiger charge is -2.24. The summed E-state index contributed by atoms with van der Waals surface area (Å²) in [5.74, 6) is 1.28. The highest BCUT2D eigenvalue weighted by atomic mass is 35.5. The van der Waals surface area contributed by atoms with Crippen molar-refractivity contribution in [3.8, 4) is 0 Å². The molecule has 1 unspecified atom stereocenters.